The van der Waals surface area contributed by atoms with Crippen LogP contribution in [0.1, 0.15) is 34.6 Å². The number of carbonyl (C=O) groups excluding carboxylic acids is 1. The van der Waals surface area contributed by atoms with E-state index < -0.39 is 5.91 Å². The molecule has 2 aromatic carbocycles. The largest absolute Gasteiger partial charge is 0.344 e. The number of benzene rings is 2. The lowest BCUT2D eigenvalue weighted by Gasteiger charge is -2.13. The number of thiophene rings is 1. The van der Waals surface area contributed by atoms with Crippen LogP contribution in [0, 0.1) is 11.3 Å². The maximum atomic E-state index is 13.2. The number of amides is 1. The molecule has 4 aromatic rings. The minimum atomic E-state index is -0.467. The zero-order valence-electron chi connectivity index (χ0n) is 16.6. The molecule has 0 radical (unpaired) electrons. The molecule has 1 amide bonds. The topological polar surface area (TPSA) is 70.7 Å². The van der Waals surface area contributed by atoms with Crippen LogP contribution >= 0.6 is 46.1 Å². The quantitative estimate of drug-likeness (QED) is 0.322. The van der Waals surface area contributed by atoms with Gasteiger partial charge in [-0.25, -0.2) is 4.68 Å². The summed E-state index contributed by atoms with van der Waals surface area (Å²) in [5, 5.41) is 18.2. The lowest BCUT2D eigenvalue weighted by Crippen LogP contribution is -2.27. The number of carbonyl (C=O) groups is 1. The molecule has 4 rings (SSSR count). The third-order valence-electron chi connectivity index (χ3n) is 4.80. The van der Waals surface area contributed by atoms with Crippen LogP contribution in [-0.2, 0) is 0 Å². The van der Waals surface area contributed by atoms with Crippen molar-refractivity contribution >= 4 is 52.0 Å². The summed E-state index contributed by atoms with van der Waals surface area (Å²) < 4.78 is 2.03. The van der Waals surface area contributed by atoms with Gasteiger partial charge in [-0.3, -0.25) is 4.79 Å². The molecule has 32 heavy (non-hydrogen) atoms. The Kier molecular flexibility index (Phi) is 6.54. The summed E-state index contributed by atoms with van der Waals surface area (Å²) in [5.41, 5.74) is 1.99. The fraction of sp³-hybridized carbons (Fsp3) is 0.0870. The highest BCUT2D eigenvalue weighted by atomic mass is 35.5. The highest BCUT2D eigenvalue weighted by molar-refractivity contribution is 7.19. The lowest BCUT2D eigenvalue weighted by molar-refractivity contribution is 0.0934. The Morgan fingerprint density at radius 2 is 1.88 bits per heavy atom. The third-order valence-corrected chi connectivity index (χ3v) is 6.58. The molecule has 0 aliphatic carbocycles. The van der Waals surface area contributed by atoms with E-state index in [0.717, 1.165) is 5.56 Å². The first kappa shape index (κ1) is 22.4. The van der Waals surface area contributed by atoms with E-state index in [4.69, 9.17) is 34.8 Å². The molecule has 0 saturated heterocycles. The van der Waals surface area contributed by atoms with Crippen LogP contribution in [0.3, 0.4) is 0 Å². The Labute approximate surface area is 203 Å². The van der Waals surface area contributed by atoms with Crippen molar-refractivity contribution < 1.29 is 4.79 Å². The average molecular weight is 502 g/mol. The number of nitrogens with one attached hydrogen (secondary N) is 1. The molecule has 2 heterocycles. The monoisotopic (exact) mass is 500 g/mol. The van der Waals surface area contributed by atoms with Crippen LogP contribution in [0.2, 0.25) is 14.4 Å². The van der Waals surface area contributed by atoms with Gasteiger partial charge in [-0.05, 0) is 42.8 Å². The molecule has 1 atom stereocenters. The number of hydrogen-bond donors (Lipinski definition) is 1. The molecule has 5 nitrogen and oxygen atoms in total. The van der Waals surface area contributed by atoms with Crippen LogP contribution in [-0.4, -0.2) is 15.7 Å². The van der Waals surface area contributed by atoms with Gasteiger partial charge in [-0.15, -0.1) is 11.3 Å². The third kappa shape index (κ3) is 4.38. The van der Waals surface area contributed by atoms with Crippen LogP contribution < -0.4 is 5.32 Å². The first-order chi connectivity index (χ1) is 15.4. The molecule has 0 aliphatic heterocycles. The Balaban J connectivity index is 1.84. The van der Waals surface area contributed by atoms with E-state index in [1.54, 1.807) is 30.3 Å². The second-order valence-electron chi connectivity index (χ2n) is 6.90. The zero-order chi connectivity index (χ0) is 22.8. The van der Waals surface area contributed by atoms with E-state index in [1.807, 2.05) is 37.3 Å². The van der Waals surface area contributed by atoms with Gasteiger partial charge in [0.05, 0.1) is 26.0 Å². The Morgan fingerprint density at radius 3 is 2.50 bits per heavy atom. The Morgan fingerprint density at radius 1 is 1.12 bits per heavy atom. The predicted molar refractivity (Wildman–Crippen MR) is 129 cm³/mol. The predicted octanol–water partition coefficient (Wildman–Crippen LogP) is 6.92. The van der Waals surface area contributed by atoms with Crippen molar-refractivity contribution in [2.75, 3.05) is 0 Å². The molecule has 0 spiro atoms. The molecular weight excluding hydrogens is 487 g/mol. The normalized spacial score (nSPS) is 11.7. The van der Waals surface area contributed by atoms with Crippen molar-refractivity contribution in [1.82, 2.24) is 15.1 Å². The van der Waals surface area contributed by atoms with Gasteiger partial charge in [0.1, 0.15) is 17.3 Å². The highest BCUT2D eigenvalue weighted by Gasteiger charge is 2.27. The summed E-state index contributed by atoms with van der Waals surface area (Å²) in [5.74, 6) is -0.467. The molecule has 9 heteroatoms. The van der Waals surface area contributed by atoms with Crippen LogP contribution in [0.5, 0.6) is 0 Å². The molecule has 160 valence electrons. The fourth-order valence-corrected chi connectivity index (χ4v) is 4.84. The van der Waals surface area contributed by atoms with E-state index in [0.29, 0.717) is 30.6 Å². The van der Waals surface area contributed by atoms with Gasteiger partial charge >= 0.3 is 0 Å². The van der Waals surface area contributed by atoms with Gasteiger partial charge in [0.2, 0.25) is 0 Å². The molecule has 1 N–H and O–H groups in total. The smallest absolute Gasteiger partial charge is 0.273 e. The number of nitrogens with zero attached hydrogens (tertiary/aromatic N) is 3. The van der Waals surface area contributed by atoms with Crippen molar-refractivity contribution in [2.45, 2.75) is 13.0 Å². The number of halogens is 3. The van der Waals surface area contributed by atoms with E-state index in [9.17, 15) is 10.1 Å². The summed E-state index contributed by atoms with van der Waals surface area (Å²) in [4.78, 5) is 13.8. The van der Waals surface area contributed by atoms with Gasteiger partial charge < -0.3 is 5.32 Å². The molecule has 0 aliphatic rings. The van der Waals surface area contributed by atoms with Crippen molar-refractivity contribution in [3.05, 3.63) is 91.9 Å². The number of nitriles is 1. The maximum absolute atomic E-state index is 13.2. The summed E-state index contributed by atoms with van der Waals surface area (Å²) >= 11 is 19.9. The standard InChI is InChI=1S/C23H15Cl3N4OS/c1-13(14-5-3-2-4-6-14)28-23(31)21-16(12-27)22(19-9-10-20(26)32-19)30(29-21)18-8-7-15(24)11-17(18)25/h2-11,13H,1H3,(H,28,31). The van der Waals surface area contributed by atoms with Gasteiger partial charge in [0, 0.05) is 5.02 Å². The minimum absolute atomic E-state index is 0.000759. The second kappa shape index (κ2) is 9.35. The van der Waals surface area contributed by atoms with E-state index in [-0.39, 0.29) is 17.3 Å². The second-order valence-corrected chi connectivity index (χ2v) is 9.46. The summed E-state index contributed by atoms with van der Waals surface area (Å²) in [7, 11) is 0. The first-order valence-electron chi connectivity index (χ1n) is 9.49. The fourth-order valence-electron chi connectivity index (χ4n) is 3.27. The SMILES string of the molecule is CC(NC(=O)c1nn(-c2ccc(Cl)cc2Cl)c(-c2ccc(Cl)s2)c1C#N)c1ccccc1. The molecular formula is C23H15Cl3N4OS. The Hall–Kier alpha value is -2.82. The van der Waals surface area contributed by atoms with E-state index in [2.05, 4.69) is 16.5 Å². The summed E-state index contributed by atoms with van der Waals surface area (Å²) in [6.45, 7) is 1.87. The molecule has 2 aromatic heterocycles. The first-order valence-corrected chi connectivity index (χ1v) is 11.4. The van der Waals surface area contributed by atoms with Crippen molar-refractivity contribution in [1.29, 1.82) is 5.26 Å². The minimum Gasteiger partial charge on any atom is -0.344 e. The van der Waals surface area contributed by atoms with Gasteiger partial charge in [-0.1, -0.05) is 65.1 Å². The van der Waals surface area contributed by atoms with E-state index >= 15 is 0 Å². The van der Waals surface area contributed by atoms with Crippen LogP contribution in [0.15, 0.2) is 60.7 Å². The molecule has 0 bridgehead atoms. The maximum Gasteiger partial charge on any atom is 0.273 e. The highest BCUT2D eigenvalue weighted by Crippen LogP contribution is 2.37. The van der Waals surface area contributed by atoms with Gasteiger partial charge in [0.25, 0.3) is 5.91 Å². The van der Waals surface area contributed by atoms with Crippen LogP contribution in [0.25, 0.3) is 16.3 Å². The Bertz CT molecular complexity index is 1340. The zero-order valence-corrected chi connectivity index (χ0v) is 19.7. The summed E-state index contributed by atoms with van der Waals surface area (Å²) in [6.07, 6.45) is 0. The molecule has 0 fully saturated rings. The van der Waals surface area contributed by atoms with Crippen molar-refractivity contribution in [3.8, 4) is 22.3 Å². The van der Waals surface area contributed by atoms with Gasteiger partial charge in [-0.2, -0.15) is 10.4 Å². The summed E-state index contributed by atoms with van der Waals surface area (Å²) in [6, 6.07) is 19.8. The molecule has 0 saturated carbocycles. The number of rotatable bonds is 5. The number of aromatic nitrogens is 2. The van der Waals surface area contributed by atoms with Crippen LogP contribution in [0.4, 0.5) is 0 Å². The molecule has 1 unspecified atom stereocenters. The van der Waals surface area contributed by atoms with Crippen molar-refractivity contribution in [2.24, 2.45) is 0 Å². The van der Waals surface area contributed by atoms with E-state index in [1.165, 1.54) is 16.0 Å². The van der Waals surface area contributed by atoms with Gasteiger partial charge in [0.15, 0.2) is 5.69 Å². The number of hydrogen-bond acceptors (Lipinski definition) is 4. The van der Waals surface area contributed by atoms with Crippen molar-refractivity contribution in [3.63, 3.8) is 0 Å². The lowest BCUT2D eigenvalue weighted by atomic mass is 10.1. The average Bonchev–Trinajstić information content (AvgIpc) is 3.37.